The molecule has 0 unspecified atom stereocenters. The van der Waals surface area contributed by atoms with Crippen LogP contribution in [0.5, 0.6) is 0 Å². The predicted octanol–water partition coefficient (Wildman–Crippen LogP) is 12.3. The highest BCUT2D eigenvalue weighted by molar-refractivity contribution is 5.80. The summed E-state index contributed by atoms with van der Waals surface area (Å²) in [6.45, 7) is 10.7. The van der Waals surface area contributed by atoms with Crippen LogP contribution in [0.3, 0.4) is 0 Å². The van der Waals surface area contributed by atoms with Crippen molar-refractivity contribution >= 4 is 46.3 Å². The molecule has 6 aromatic carbocycles. The van der Waals surface area contributed by atoms with Gasteiger partial charge in [0.25, 0.3) is 0 Å². The van der Waals surface area contributed by atoms with E-state index >= 15 is 0 Å². The lowest BCUT2D eigenvalue weighted by atomic mass is 10.1. The molecule has 0 aromatic heterocycles. The van der Waals surface area contributed by atoms with E-state index in [1.165, 1.54) is 27.8 Å². The highest BCUT2D eigenvalue weighted by Gasteiger charge is 2.14. The topological polar surface area (TPSA) is 6.48 Å². The Kier molecular flexibility index (Phi) is 8.66. The minimum Gasteiger partial charge on any atom is -0.311 e. The van der Waals surface area contributed by atoms with Crippen molar-refractivity contribution in [3.05, 3.63) is 178 Å². The summed E-state index contributed by atoms with van der Waals surface area (Å²) < 4.78 is 0. The summed E-state index contributed by atoms with van der Waals surface area (Å²) in [7, 11) is 0. The van der Waals surface area contributed by atoms with Gasteiger partial charge in [-0.2, -0.15) is 0 Å². The molecule has 0 amide bonds. The number of benzene rings is 6. The Morgan fingerprint density at radius 3 is 0.933 bits per heavy atom. The highest BCUT2D eigenvalue weighted by atomic mass is 15.1. The van der Waals surface area contributed by atoms with Crippen molar-refractivity contribution in [3.8, 4) is 0 Å². The number of aryl methyl sites for hydroxylation is 5. The number of hydrogen-bond acceptors (Lipinski definition) is 2. The minimum absolute atomic E-state index is 1.13. The molecule has 0 aliphatic rings. The summed E-state index contributed by atoms with van der Waals surface area (Å²) in [6.07, 6.45) is 4.37. The summed E-state index contributed by atoms with van der Waals surface area (Å²) in [4.78, 5) is 4.63. The van der Waals surface area contributed by atoms with Gasteiger partial charge in [-0.25, -0.2) is 0 Å². The Balaban J connectivity index is 1.24. The summed E-state index contributed by atoms with van der Waals surface area (Å²) in [6, 6.07) is 50.4. The van der Waals surface area contributed by atoms with Crippen molar-refractivity contribution in [2.24, 2.45) is 0 Å². The first-order valence-corrected chi connectivity index (χ1v) is 15.6. The number of nitrogens with zero attached hydrogens (tertiary/aromatic N) is 2. The monoisotopic (exact) mass is 584 g/mol. The molecule has 0 fully saturated rings. The molecule has 0 radical (unpaired) electrons. The third-order valence-electron chi connectivity index (χ3n) is 8.40. The number of hydrogen-bond donors (Lipinski definition) is 0. The molecular weight excluding hydrogens is 544 g/mol. The van der Waals surface area contributed by atoms with Gasteiger partial charge in [0.05, 0.1) is 0 Å². The summed E-state index contributed by atoms with van der Waals surface area (Å²) >= 11 is 0. The van der Waals surface area contributed by atoms with Gasteiger partial charge in [-0.05, 0) is 130 Å². The molecule has 0 N–H and O–H groups in total. The van der Waals surface area contributed by atoms with Crippen LogP contribution in [0.2, 0.25) is 0 Å². The first-order valence-electron chi connectivity index (χ1n) is 15.6. The maximum atomic E-state index is 2.33. The Labute approximate surface area is 268 Å². The molecule has 0 aliphatic carbocycles. The van der Waals surface area contributed by atoms with Gasteiger partial charge in [0.15, 0.2) is 0 Å². The van der Waals surface area contributed by atoms with Crippen molar-refractivity contribution in [3.63, 3.8) is 0 Å². The zero-order valence-corrected chi connectivity index (χ0v) is 26.8. The van der Waals surface area contributed by atoms with Crippen molar-refractivity contribution in [2.45, 2.75) is 34.6 Å². The molecule has 2 nitrogen and oxygen atoms in total. The van der Waals surface area contributed by atoms with Gasteiger partial charge in [0.2, 0.25) is 0 Å². The molecule has 0 spiro atoms. The largest absolute Gasteiger partial charge is 0.311 e. The zero-order chi connectivity index (χ0) is 31.3. The van der Waals surface area contributed by atoms with Crippen LogP contribution in [0.15, 0.2) is 140 Å². The summed E-state index contributed by atoms with van der Waals surface area (Å²) in [5, 5.41) is 0. The van der Waals surface area contributed by atoms with Crippen LogP contribution in [0.4, 0.5) is 34.1 Å². The van der Waals surface area contributed by atoms with Gasteiger partial charge in [0.1, 0.15) is 0 Å². The van der Waals surface area contributed by atoms with Gasteiger partial charge in [0, 0.05) is 34.1 Å². The molecule has 0 heterocycles. The van der Waals surface area contributed by atoms with Gasteiger partial charge < -0.3 is 9.80 Å². The van der Waals surface area contributed by atoms with E-state index in [0.29, 0.717) is 0 Å². The average molecular weight is 585 g/mol. The Bertz CT molecular complexity index is 1850. The zero-order valence-electron chi connectivity index (χ0n) is 26.8. The van der Waals surface area contributed by atoms with E-state index in [9.17, 15) is 0 Å². The molecule has 2 heteroatoms. The molecular formula is C43H40N2. The molecule has 6 aromatic rings. The Hall–Kier alpha value is -5.34. The lowest BCUT2D eigenvalue weighted by Gasteiger charge is -2.26. The fourth-order valence-corrected chi connectivity index (χ4v) is 5.50. The predicted molar refractivity (Wildman–Crippen MR) is 195 cm³/mol. The van der Waals surface area contributed by atoms with E-state index in [-0.39, 0.29) is 0 Å². The number of rotatable bonds is 8. The second-order valence-electron chi connectivity index (χ2n) is 12.0. The Morgan fingerprint density at radius 2 is 0.600 bits per heavy atom. The lowest BCUT2D eigenvalue weighted by molar-refractivity contribution is 1.24. The van der Waals surface area contributed by atoms with Crippen LogP contribution in [0, 0.1) is 34.6 Å². The van der Waals surface area contributed by atoms with E-state index in [1.807, 2.05) is 0 Å². The highest BCUT2D eigenvalue weighted by Crippen LogP contribution is 2.37. The van der Waals surface area contributed by atoms with E-state index in [0.717, 1.165) is 45.3 Å². The van der Waals surface area contributed by atoms with Crippen LogP contribution in [0.1, 0.15) is 38.9 Å². The molecule has 45 heavy (non-hydrogen) atoms. The van der Waals surface area contributed by atoms with E-state index < -0.39 is 0 Å². The Morgan fingerprint density at radius 1 is 0.311 bits per heavy atom. The quantitative estimate of drug-likeness (QED) is 0.164. The van der Waals surface area contributed by atoms with Crippen molar-refractivity contribution in [1.29, 1.82) is 0 Å². The van der Waals surface area contributed by atoms with Gasteiger partial charge in [-0.1, -0.05) is 95.6 Å². The van der Waals surface area contributed by atoms with Crippen LogP contribution in [-0.2, 0) is 0 Å². The van der Waals surface area contributed by atoms with Gasteiger partial charge in [-0.15, -0.1) is 0 Å². The van der Waals surface area contributed by atoms with E-state index in [2.05, 4.69) is 196 Å². The standard InChI is InChI=1S/C43H40N2/c1-31-6-19-38(20-7-31)44(39-21-8-32(2)9-22-39)41-26-15-36(16-27-41)13-14-37-17-28-42(29-18-37)45(40-23-10-33(3)11-24-40)43-25-12-34(4)35(5)30-43/h6-30H,1-5H3. The molecule has 6 rings (SSSR count). The first kappa shape index (κ1) is 29.7. The lowest BCUT2D eigenvalue weighted by Crippen LogP contribution is -2.10. The molecule has 0 atom stereocenters. The smallest absolute Gasteiger partial charge is 0.0464 e. The second kappa shape index (κ2) is 13.1. The molecule has 0 bridgehead atoms. The number of anilines is 6. The van der Waals surface area contributed by atoms with Gasteiger partial charge >= 0.3 is 0 Å². The maximum Gasteiger partial charge on any atom is 0.0464 e. The average Bonchev–Trinajstić information content (AvgIpc) is 3.06. The maximum absolute atomic E-state index is 2.33. The minimum atomic E-state index is 1.13. The molecule has 0 aliphatic heterocycles. The van der Waals surface area contributed by atoms with Crippen LogP contribution < -0.4 is 9.80 Å². The molecule has 222 valence electrons. The summed E-state index contributed by atoms with van der Waals surface area (Å²) in [5.41, 5.74) is 15.5. The molecule has 0 saturated heterocycles. The van der Waals surface area contributed by atoms with Crippen molar-refractivity contribution in [1.82, 2.24) is 0 Å². The van der Waals surface area contributed by atoms with Crippen molar-refractivity contribution in [2.75, 3.05) is 9.80 Å². The van der Waals surface area contributed by atoms with E-state index in [4.69, 9.17) is 0 Å². The van der Waals surface area contributed by atoms with E-state index in [1.54, 1.807) is 0 Å². The van der Waals surface area contributed by atoms with Crippen LogP contribution in [0.25, 0.3) is 12.2 Å². The summed E-state index contributed by atoms with van der Waals surface area (Å²) in [5.74, 6) is 0. The third kappa shape index (κ3) is 6.92. The fourth-order valence-electron chi connectivity index (χ4n) is 5.50. The van der Waals surface area contributed by atoms with Gasteiger partial charge in [-0.3, -0.25) is 0 Å². The molecule has 0 saturated carbocycles. The third-order valence-corrected chi connectivity index (χ3v) is 8.40. The fraction of sp³-hybridized carbons (Fsp3) is 0.116. The van der Waals surface area contributed by atoms with Crippen LogP contribution >= 0.6 is 0 Å². The second-order valence-corrected chi connectivity index (χ2v) is 12.0. The first-order chi connectivity index (χ1) is 21.8. The SMILES string of the molecule is Cc1ccc(N(c2ccc(C)cc2)c2ccc(C=Cc3ccc(N(c4ccc(C)cc4)c4ccc(C)c(C)c4)cc3)cc2)cc1. The van der Waals surface area contributed by atoms with Crippen molar-refractivity contribution < 1.29 is 0 Å². The normalized spacial score (nSPS) is 11.1. The van der Waals surface area contributed by atoms with Crippen LogP contribution in [-0.4, -0.2) is 0 Å².